The Morgan fingerprint density at radius 2 is 1.18 bits per heavy atom. The van der Waals surface area contributed by atoms with Gasteiger partial charge in [0.1, 0.15) is 11.5 Å². The second-order valence-electron chi connectivity index (χ2n) is 7.53. The van der Waals surface area contributed by atoms with E-state index < -0.39 is 0 Å². The molecule has 22 heavy (non-hydrogen) atoms. The van der Waals surface area contributed by atoms with Gasteiger partial charge in [-0.05, 0) is 37.8 Å². The maximum absolute atomic E-state index is 13.3. The average Bonchev–Trinajstić information content (AvgIpc) is 2.57. The summed E-state index contributed by atoms with van der Waals surface area (Å²) < 4.78 is 13.3. The highest BCUT2D eigenvalue weighted by molar-refractivity contribution is 5.28. The Kier molecular flexibility index (Phi) is 5.89. The van der Waals surface area contributed by atoms with Crippen molar-refractivity contribution >= 4 is 5.69 Å². The maximum atomic E-state index is 13.3. The highest BCUT2D eigenvalue weighted by Crippen LogP contribution is 2.24. The van der Waals surface area contributed by atoms with Crippen molar-refractivity contribution in [3.63, 3.8) is 0 Å². The Morgan fingerprint density at radius 1 is 0.727 bits per heavy atom. The molecule has 122 valence electrons. The van der Waals surface area contributed by atoms with Crippen LogP contribution in [0.2, 0.25) is 0 Å². The number of rotatable bonds is 5. The summed E-state index contributed by atoms with van der Waals surface area (Å²) in [4.78, 5) is 1.61. The number of nitrogens with one attached hydrogen (secondary N) is 1. The summed E-state index contributed by atoms with van der Waals surface area (Å²) in [6.45, 7) is 2.50. The van der Waals surface area contributed by atoms with Gasteiger partial charge in [0, 0.05) is 24.0 Å². The molecule has 0 spiro atoms. The molecule has 0 aromatic heterocycles. The molecule has 0 saturated heterocycles. The van der Waals surface area contributed by atoms with E-state index in [-0.39, 0.29) is 5.82 Å². The van der Waals surface area contributed by atoms with Gasteiger partial charge in [0.05, 0.1) is 13.1 Å². The summed E-state index contributed by atoms with van der Waals surface area (Å²) in [5.41, 5.74) is 1.30. The van der Waals surface area contributed by atoms with Crippen LogP contribution >= 0.6 is 0 Å². The lowest BCUT2D eigenvalue weighted by atomic mass is 9.86. The maximum Gasteiger partial charge on any atom is 0.131 e. The number of hydrogen-bond acceptors (Lipinski definition) is 0. The van der Waals surface area contributed by atoms with Gasteiger partial charge in [0.25, 0.3) is 0 Å². The molecule has 1 N–H and O–H groups in total. The normalized spacial score (nSPS) is 21.4. The molecule has 1 aromatic rings. The summed E-state index contributed by atoms with van der Waals surface area (Å²) in [6, 6.07) is 7.29. The van der Waals surface area contributed by atoms with Crippen molar-refractivity contribution in [3.8, 4) is 0 Å². The van der Waals surface area contributed by atoms with E-state index in [0.29, 0.717) is 0 Å². The van der Waals surface area contributed by atoms with Crippen LogP contribution in [-0.4, -0.2) is 13.1 Å². The fourth-order valence-electron chi connectivity index (χ4n) is 4.48. The predicted molar refractivity (Wildman–Crippen MR) is 89.9 cm³/mol. The Hall–Kier alpha value is -0.890. The zero-order valence-electron chi connectivity index (χ0n) is 13.8. The van der Waals surface area contributed by atoms with Crippen molar-refractivity contribution in [2.24, 2.45) is 11.8 Å². The van der Waals surface area contributed by atoms with Crippen molar-refractivity contribution in [1.29, 1.82) is 0 Å². The minimum Gasteiger partial charge on any atom is -0.302 e. The van der Waals surface area contributed by atoms with E-state index in [1.165, 1.54) is 83.0 Å². The summed E-state index contributed by atoms with van der Waals surface area (Å²) in [7, 11) is 0. The second kappa shape index (κ2) is 8.10. The molecule has 1 aromatic carbocycles. The zero-order chi connectivity index (χ0) is 15.2. The van der Waals surface area contributed by atoms with Crippen molar-refractivity contribution < 1.29 is 9.29 Å². The molecular weight excluding hydrogens is 273 g/mol. The van der Waals surface area contributed by atoms with Crippen LogP contribution in [0.25, 0.3) is 0 Å². The largest absolute Gasteiger partial charge is 0.302 e. The van der Waals surface area contributed by atoms with Gasteiger partial charge >= 0.3 is 0 Å². The molecule has 3 rings (SSSR count). The van der Waals surface area contributed by atoms with E-state index >= 15 is 0 Å². The molecule has 0 bridgehead atoms. The number of quaternary nitrogens is 1. The first-order valence-corrected chi connectivity index (χ1v) is 9.42. The van der Waals surface area contributed by atoms with Gasteiger partial charge in [-0.2, -0.15) is 0 Å². The van der Waals surface area contributed by atoms with Gasteiger partial charge in [0.2, 0.25) is 0 Å². The van der Waals surface area contributed by atoms with E-state index in [2.05, 4.69) is 0 Å². The lowest BCUT2D eigenvalue weighted by Crippen LogP contribution is -3.08. The Labute approximate surface area is 134 Å². The first-order valence-electron chi connectivity index (χ1n) is 9.42. The summed E-state index contributed by atoms with van der Waals surface area (Å²) >= 11 is 0. The van der Waals surface area contributed by atoms with Crippen LogP contribution in [0.1, 0.15) is 64.2 Å². The smallest absolute Gasteiger partial charge is 0.131 e. The molecule has 0 aliphatic heterocycles. The lowest BCUT2D eigenvalue weighted by Gasteiger charge is -2.31. The topological polar surface area (TPSA) is 4.44 Å². The van der Waals surface area contributed by atoms with Gasteiger partial charge in [-0.25, -0.2) is 4.39 Å². The zero-order valence-corrected chi connectivity index (χ0v) is 13.8. The van der Waals surface area contributed by atoms with Gasteiger partial charge in [0.15, 0.2) is 0 Å². The van der Waals surface area contributed by atoms with Crippen LogP contribution in [0.5, 0.6) is 0 Å². The lowest BCUT2D eigenvalue weighted by molar-refractivity contribution is -0.841. The second-order valence-corrected chi connectivity index (χ2v) is 7.53. The van der Waals surface area contributed by atoms with Crippen LogP contribution in [0.15, 0.2) is 24.3 Å². The Bertz CT molecular complexity index is 410. The molecule has 0 unspecified atom stereocenters. The average molecular weight is 304 g/mol. The third-order valence-corrected chi connectivity index (χ3v) is 5.77. The molecular formula is C20H31FN+. The van der Waals surface area contributed by atoms with Crippen molar-refractivity contribution in [2.75, 3.05) is 13.1 Å². The molecule has 2 saturated carbocycles. The minimum atomic E-state index is -0.113. The molecule has 0 heterocycles. The first kappa shape index (κ1) is 16.0. The molecule has 0 atom stereocenters. The van der Waals surface area contributed by atoms with E-state index in [1.54, 1.807) is 17.0 Å². The van der Waals surface area contributed by atoms with Crippen LogP contribution in [0.3, 0.4) is 0 Å². The Balaban J connectivity index is 1.67. The monoisotopic (exact) mass is 304 g/mol. The van der Waals surface area contributed by atoms with E-state index in [1.807, 2.05) is 12.1 Å². The fourth-order valence-corrected chi connectivity index (χ4v) is 4.48. The van der Waals surface area contributed by atoms with Gasteiger partial charge in [-0.3, -0.25) is 0 Å². The van der Waals surface area contributed by atoms with E-state index in [4.69, 9.17) is 0 Å². The molecule has 2 aliphatic rings. The van der Waals surface area contributed by atoms with Gasteiger partial charge in [-0.15, -0.1) is 0 Å². The standard InChI is InChI=1S/C20H30FN/c21-19-11-13-20(14-12-19)22(15-17-7-3-1-4-8-17)16-18-9-5-2-6-10-18/h11-14,17-18H,1-10,15-16H2/p+1. The molecule has 2 fully saturated rings. The molecule has 0 radical (unpaired) electrons. The van der Waals surface area contributed by atoms with Gasteiger partial charge in [-0.1, -0.05) is 38.5 Å². The first-order chi connectivity index (χ1) is 10.8. The van der Waals surface area contributed by atoms with E-state index in [0.717, 1.165) is 11.8 Å². The number of hydrogen-bond donors (Lipinski definition) is 1. The van der Waals surface area contributed by atoms with Crippen LogP contribution in [-0.2, 0) is 0 Å². The number of benzene rings is 1. The molecule has 1 nitrogen and oxygen atoms in total. The summed E-state index contributed by atoms with van der Waals surface area (Å²) in [6.07, 6.45) is 14.1. The van der Waals surface area contributed by atoms with Crippen molar-refractivity contribution in [3.05, 3.63) is 30.1 Å². The summed E-state index contributed by atoms with van der Waals surface area (Å²) in [5.74, 6) is 1.63. The third-order valence-electron chi connectivity index (χ3n) is 5.77. The quantitative estimate of drug-likeness (QED) is 0.817. The minimum absolute atomic E-state index is 0.113. The summed E-state index contributed by atoms with van der Waals surface area (Å²) in [5, 5.41) is 0. The Morgan fingerprint density at radius 3 is 1.64 bits per heavy atom. The molecule has 0 amide bonds. The van der Waals surface area contributed by atoms with E-state index in [9.17, 15) is 4.39 Å². The highest BCUT2D eigenvalue weighted by Gasteiger charge is 2.25. The third kappa shape index (κ3) is 4.55. The van der Waals surface area contributed by atoms with Crippen LogP contribution in [0.4, 0.5) is 10.1 Å². The van der Waals surface area contributed by atoms with Crippen LogP contribution in [0, 0.1) is 17.7 Å². The van der Waals surface area contributed by atoms with Crippen molar-refractivity contribution in [1.82, 2.24) is 0 Å². The van der Waals surface area contributed by atoms with Crippen molar-refractivity contribution in [2.45, 2.75) is 64.2 Å². The SMILES string of the molecule is Fc1ccc([NH+](CC2CCCCC2)CC2CCCCC2)cc1. The molecule has 2 aliphatic carbocycles. The number of halogens is 1. The van der Waals surface area contributed by atoms with Crippen LogP contribution < -0.4 is 4.90 Å². The fraction of sp³-hybridized carbons (Fsp3) is 0.700. The highest BCUT2D eigenvalue weighted by atomic mass is 19.1. The van der Waals surface area contributed by atoms with Gasteiger partial charge < -0.3 is 4.90 Å². The predicted octanol–water partition coefficient (Wildman–Crippen LogP) is 4.50. The molecule has 2 heteroatoms.